The Kier molecular flexibility index (Phi) is 2.54. The van der Waals surface area contributed by atoms with Crippen molar-refractivity contribution in [3.8, 4) is 0 Å². The summed E-state index contributed by atoms with van der Waals surface area (Å²) in [5.41, 5.74) is 0. The van der Waals surface area contributed by atoms with E-state index < -0.39 is 5.92 Å². The van der Waals surface area contributed by atoms with Gasteiger partial charge in [0.25, 0.3) is 0 Å². The molecule has 0 atom stereocenters. The summed E-state index contributed by atoms with van der Waals surface area (Å²) in [6, 6.07) is 1.00. The van der Waals surface area contributed by atoms with Gasteiger partial charge in [-0.3, -0.25) is 0 Å². The van der Waals surface area contributed by atoms with Gasteiger partial charge < -0.3 is 5.32 Å². The Labute approximate surface area is 77.9 Å². The van der Waals surface area contributed by atoms with Gasteiger partial charge in [0, 0.05) is 24.9 Å². The Morgan fingerprint density at radius 3 is 1.92 bits per heavy atom. The summed E-state index contributed by atoms with van der Waals surface area (Å²) in [6.45, 7) is 0. The van der Waals surface area contributed by atoms with Crippen LogP contribution in [0.2, 0.25) is 0 Å². The van der Waals surface area contributed by atoms with Gasteiger partial charge in [-0.05, 0) is 25.7 Å². The molecule has 3 heteroatoms. The van der Waals surface area contributed by atoms with Crippen molar-refractivity contribution in [1.82, 2.24) is 5.32 Å². The third kappa shape index (κ3) is 2.39. The molecule has 0 aromatic rings. The molecule has 0 aliphatic heterocycles. The van der Waals surface area contributed by atoms with Crippen molar-refractivity contribution in [2.24, 2.45) is 0 Å². The maximum atomic E-state index is 12.8. The fourth-order valence-electron chi connectivity index (χ4n) is 2.12. The monoisotopic (exact) mass is 189 g/mol. The zero-order valence-corrected chi connectivity index (χ0v) is 7.86. The standard InChI is InChI=1S/C10H17F2N/c11-10(12)6-4-9(5-7-10)13-8-2-1-3-8/h8-9,13H,1-7H2. The quantitative estimate of drug-likeness (QED) is 0.704. The number of halogens is 2. The van der Waals surface area contributed by atoms with Crippen molar-refractivity contribution < 1.29 is 8.78 Å². The molecule has 0 radical (unpaired) electrons. The average Bonchev–Trinajstić information content (AvgIpc) is 1.99. The zero-order valence-electron chi connectivity index (χ0n) is 7.86. The van der Waals surface area contributed by atoms with Crippen molar-refractivity contribution in [2.45, 2.75) is 63.0 Å². The number of hydrogen-bond acceptors (Lipinski definition) is 1. The summed E-state index contributed by atoms with van der Waals surface area (Å²) in [6.07, 6.45) is 5.27. The van der Waals surface area contributed by atoms with Crippen LogP contribution in [0.15, 0.2) is 0 Å². The van der Waals surface area contributed by atoms with E-state index in [-0.39, 0.29) is 12.8 Å². The molecule has 1 nitrogen and oxygen atoms in total. The molecule has 0 aromatic heterocycles. The predicted octanol–water partition coefficient (Wildman–Crippen LogP) is 2.71. The van der Waals surface area contributed by atoms with Crippen LogP contribution in [0.5, 0.6) is 0 Å². The van der Waals surface area contributed by atoms with Gasteiger partial charge in [-0.2, -0.15) is 0 Å². The summed E-state index contributed by atoms with van der Waals surface area (Å²) < 4.78 is 25.6. The SMILES string of the molecule is FC1(F)CCC(NC2CCC2)CC1. The third-order valence-electron chi connectivity index (χ3n) is 3.29. The Bertz CT molecular complexity index is 168. The van der Waals surface area contributed by atoms with E-state index in [1.807, 2.05) is 0 Å². The highest BCUT2D eigenvalue weighted by atomic mass is 19.3. The molecule has 0 unspecified atom stereocenters. The van der Waals surface area contributed by atoms with Crippen LogP contribution in [-0.4, -0.2) is 18.0 Å². The van der Waals surface area contributed by atoms with Gasteiger partial charge in [-0.25, -0.2) is 8.78 Å². The first-order valence-electron chi connectivity index (χ1n) is 5.30. The minimum atomic E-state index is -2.38. The molecule has 0 spiro atoms. The Hall–Kier alpha value is -0.180. The summed E-state index contributed by atoms with van der Waals surface area (Å²) in [4.78, 5) is 0. The minimum Gasteiger partial charge on any atom is -0.311 e. The first kappa shape index (κ1) is 9.38. The van der Waals surface area contributed by atoms with Gasteiger partial charge in [0.15, 0.2) is 0 Å². The van der Waals surface area contributed by atoms with Gasteiger partial charge in [0.2, 0.25) is 5.92 Å². The van der Waals surface area contributed by atoms with Gasteiger partial charge in [0.05, 0.1) is 0 Å². The molecule has 2 saturated carbocycles. The van der Waals surface area contributed by atoms with Crippen molar-refractivity contribution in [3.05, 3.63) is 0 Å². The Morgan fingerprint density at radius 1 is 0.923 bits per heavy atom. The second-order valence-corrected chi connectivity index (χ2v) is 4.42. The van der Waals surface area contributed by atoms with Crippen LogP contribution < -0.4 is 5.32 Å². The van der Waals surface area contributed by atoms with Crippen LogP contribution in [0.3, 0.4) is 0 Å². The first-order valence-corrected chi connectivity index (χ1v) is 5.30. The summed E-state index contributed by atoms with van der Waals surface area (Å²) in [5.74, 6) is -2.38. The predicted molar refractivity (Wildman–Crippen MR) is 48.0 cm³/mol. The highest BCUT2D eigenvalue weighted by Gasteiger charge is 2.35. The highest BCUT2D eigenvalue weighted by Crippen LogP contribution is 2.33. The normalized spacial score (nSPS) is 30.0. The molecule has 13 heavy (non-hydrogen) atoms. The van der Waals surface area contributed by atoms with Gasteiger partial charge in [0.1, 0.15) is 0 Å². The topological polar surface area (TPSA) is 12.0 Å². The van der Waals surface area contributed by atoms with E-state index in [9.17, 15) is 8.78 Å². The van der Waals surface area contributed by atoms with Crippen LogP contribution in [0, 0.1) is 0 Å². The molecular formula is C10H17F2N. The molecular weight excluding hydrogens is 172 g/mol. The second-order valence-electron chi connectivity index (χ2n) is 4.42. The largest absolute Gasteiger partial charge is 0.311 e. The van der Waals surface area contributed by atoms with Crippen LogP contribution in [0.25, 0.3) is 0 Å². The minimum absolute atomic E-state index is 0.0807. The second kappa shape index (κ2) is 3.52. The van der Waals surface area contributed by atoms with E-state index in [0.29, 0.717) is 24.9 Å². The van der Waals surface area contributed by atoms with Gasteiger partial charge >= 0.3 is 0 Å². The maximum Gasteiger partial charge on any atom is 0.248 e. The van der Waals surface area contributed by atoms with Crippen LogP contribution in [0.4, 0.5) is 8.78 Å². The van der Waals surface area contributed by atoms with Crippen LogP contribution >= 0.6 is 0 Å². The number of alkyl halides is 2. The fraction of sp³-hybridized carbons (Fsp3) is 1.00. The molecule has 0 amide bonds. The molecule has 2 fully saturated rings. The third-order valence-corrected chi connectivity index (χ3v) is 3.29. The molecule has 0 saturated heterocycles. The average molecular weight is 189 g/mol. The van der Waals surface area contributed by atoms with Gasteiger partial charge in [-0.1, -0.05) is 6.42 Å². The van der Waals surface area contributed by atoms with E-state index in [0.717, 1.165) is 0 Å². The lowest BCUT2D eigenvalue weighted by Crippen LogP contribution is -2.45. The maximum absolute atomic E-state index is 12.8. The first-order chi connectivity index (χ1) is 6.16. The Morgan fingerprint density at radius 2 is 1.46 bits per heavy atom. The molecule has 0 aromatic carbocycles. The molecule has 2 aliphatic rings. The van der Waals surface area contributed by atoms with Crippen molar-refractivity contribution in [1.29, 1.82) is 0 Å². The lowest BCUT2D eigenvalue weighted by molar-refractivity contribution is -0.0419. The molecule has 1 N–H and O–H groups in total. The van der Waals surface area contributed by atoms with Crippen LogP contribution in [0.1, 0.15) is 44.9 Å². The van der Waals surface area contributed by atoms with Crippen molar-refractivity contribution in [3.63, 3.8) is 0 Å². The number of rotatable bonds is 2. The van der Waals surface area contributed by atoms with Crippen molar-refractivity contribution >= 4 is 0 Å². The Balaban J connectivity index is 1.71. The number of nitrogens with one attached hydrogen (secondary N) is 1. The summed E-state index contributed by atoms with van der Waals surface area (Å²) >= 11 is 0. The summed E-state index contributed by atoms with van der Waals surface area (Å²) in [7, 11) is 0. The van der Waals surface area contributed by atoms with E-state index in [1.54, 1.807) is 0 Å². The molecule has 76 valence electrons. The van der Waals surface area contributed by atoms with E-state index in [2.05, 4.69) is 5.32 Å². The smallest absolute Gasteiger partial charge is 0.248 e. The molecule has 2 rings (SSSR count). The van der Waals surface area contributed by atoms with Gasteiger partial charge in [-0.15, -0.1) is 0 Å². The lowest BCUT2D eigenvalue weighted by atomic mass is 9.88. The zero-order chi connectivity index (χ0) is 9.31. The molecule has 2 aliphatic carbocycles. The van der Waals surface area contributed by atoms with E-state index >= 15 is 0 Å². The summed E-state index contributed by atoms with van der Waals surface area (Å²) in [5, 5.41) is 3.46. The highest BCUT2D eigenvalue weighted by molar-refractivity contribution is 4.86. The van der Waals surface area contributed by atoms with Crippen molar-refractivity contribution in [2.75, 3.05) is 0 Å². The number of hydrogen-bond donors (Lipinski definition) is 1. The molecule has 0 bridgehead atoms. The van der Waals surface area contributed by atoms with Crippen LogP contribution in [-0.2, 0) is 0 Å². The van der Waals surface area contributed by atoms with E-state index in [1.165, 1.54) is 19.3 Å². The van der Waals surface area contributed by atoms with E-state index in [4.69, 9.17) is 0 Å². The fourth-order valence-corrected chi connectivity index (χ4v) is 2.12. The lowest BCUT2D eigenvalue weighted by Gasteiger charge is -2.35. The molecule has 0 heterocycles.